The van der Waals surface area contributed by atoms with Crippen LogP contribution in [-0.2, 0) is 17.1 Å². The molecule has 0 unspecified atom stereocenters. The summed E-state index contributed by atoms with van der Waals surface area (Å²) in [6.07, 6.45) is 18.9. The maximum absolute atomic E-state index is 2.36. The quantitative estimate of drug-likeness (QED) is 0.406. The summed E-state index contributed by atoms with van der Waals surface area (Å²) in [7, 11) is -0.101. The minimum atomic E-state index is -0.101. The van der Waals surface area contributed by atoms with Crippen LogP contribution < -0.4 is 0 Å². The zero-order valence-electron chi connectivity index (χ0n) is 13.5. The third-order valence-corrected chi connectivity index (χ3v) is 6.30. The molecule has 20 heavy (non-hydrogen) atoms. The molecule has 0 nitrogen and oxygen atoms in total. The maximum atomic E-state index is 2.36. The van der Waals surface area contributed by atoms with Gasteiger partial charge in [0.15, 0.2) is 0 Å². The predicted octanol–water partition coefficient (Wildman–Crippen LogP) is 6.04. The van der Waals surface area contributed by atoms with Crippen LogP contribution in [0.3, 0.4) is 0 Å². The van der Waals surface area contributed by atoms with E-state index in [4.69, 9.17) is 0 Å². The van der Waals surface area contributed by atoms with E-state index < -0.39 is 0 Å². The smallest absolute Gasteiger partial charge is 0.0130 e. The van der Waals surface area contributed by atoms with Crippen LogP contribution in [0.5, 0.6) is 0 Å². The Kier molecular flexibility index (Phi) is 8.34. The Balaban J connectivity index is 0.000000507. The first-order chi connectivity index (χ1) is 8.73. The van der Waals surface area contributed by atoms with Gasteiger partial charge in [0.2, 0.25) is 0 Å². The minimum absolute atomic E-state index is 0. The summed E-state index contributed by atoms with van der Waals surface area (Å²) in [4.78, 5) is 0. The first-order valence-corrected chi connectivity index (χ1v) is 8.26. The molecule has 0 aromatic heterocycles. The fourth-order valence-corrected chi connectivity index (χ4v) is 6.65. The van der Waals surface area contributed by atoms with E-state index in [1.165, 1.54) is 0 Å². The van der Waals surface area contributed by atoms with Crippen LogP contribution in [0.15, 0.2) is 47.8 Å². The molecule has 0 aromatic carbocycles. The largest absolute Gasteiger partial charge is 0.0767 e. The van der Waals surface area contributed by atoms with Gasteiger partial charge in [-0.1, -0.05) is 92.0 Å². The zero-order valence-corrected chi connectivity index (χ0v) is 15.5. The van der Waals surface area contributed by atoms with E-state index in [0.29, 0.717) is 10.3 Å². The van der Waals surface area contributed by atoms with E-state index in [9.17, 15) is 0 Å². The van der Waals surface area contributed by atoms with Gasteiger partial charge >= 0.3 is 0 Å². The molecule has 0 spiro atoms. The average Bonchev–Trinajstić information content (AvgIpc) is 2.86. The van der Waals surface area contributed by atoms with Gasteiger partial charge in [-0.25, -0.2) is 0 Å². The van der Waals surface area contributed by atoms with Gasteiger partial charge in [0.05, 0.1) is 0 Å². The van der Waals surface area contributed by atoms with Crippen molar-refractivity contribution >= 4 is 7.92 Å². The van der Waals surface area contributed by atoms with Gasteiger partial charge in [-0.05, 0) is 15.6 Å². The Labute approximate surface area is 137 Å². The standard InChI is InChI=1S/C13H22P.C5H5.Fe/c1-12(2,3)14(13(4,5)6)11-9-7-8-10-11;1-2-4-5-3-1;/h7-10H,1-6H3;1-5H;. The Hall–Kier alpha value is -0.0905. The third kappa shape index (κ3) is 6.57. The molecule has 0 aromatic rings. The Bertz CT molecular complexity index is 376. The fourth-order valence-electron chi connectivity index (χ4n) is 2.61. The topological polar surface area (TPSA) is 0 Å². The third-order valence-electron chi connectivity index (χ3n) is 2.80. The number of rotatable bonds is 1. The van der Waals surface area contributed by atoms with Crippen molar-refractivity contribution in [1.29, 1.82) is 0 Å². The molecule has 0 heterocycles. The molecule has 2 aliphatic carbocycles. The summed E-state index contributed by atoms with van der Waals surface area (Å²) < 4.78 is 0. The second kappa shape index (κ2) is 8.38. The Morgan fingerprint density at radius 1 is 0.700 bits per heavy atom. The minimum Gasteiger partial charge on any atom is -0.0767 e. The van der Waals surface area contributed by atoms with E-state index >= 15 is 0 Å². The molecule has 2 heteroatoms. The fraction of sp³-hybridized carbons (Fsp3) is 0.444. The van der Waals surface area contributed by atoms with Crippen molar-refractivity contribution in [3.63, 3.8) is 0 Å². The molecular weight excluding hydrogens is 303 g/mol. The van der Waals surface area contributed by atoms with E-state index in [2.05, 4.69) is 66.2 Å². The Morgan fingerprint density at radius 3 is 1.45 bits per heavy atom. The first kappa shape index (κ1) is 19.9. The normalized spacial score (nSPS) is 16.9. The van der Waals surface area contributed by atoms with Crippen LogP contribution in [0.4, 0.5) is 0 Å². The van der Waals surface area contributed by atoms with Gasteiger partial charge < -0.3 is 0 Å². The first-order valence-electron chi connectivity index (χ1n) is 6.91. The molecule has 0 saturated carbocycles. The molecule has 2 aliphatic rings. The number of allylic oxidation sites excluding steroid dienone is 8. The summed E-state index contributed by atoms with van der Waals surface area (Å²) in [5.41, 5.74) is 0. The number of hydrogen-bond donors (Lipinski definition) is 0. The zero-order chi connectivity index (χ0) is 14.5. The van der Waals surface area contributed by atoms with Gasteiger partial charge in [0.1, 0.15) is 0 Å². The van der Waals surface area contributed by atoms with Gasteiger partial charge in [-0.2, -0.15) is 0 Å². The van der Waals surface area contributed by atoms with Crippen molar-refractivity contribution < 1.29 is 17.1 Å². The average molecular weight is 330 g/mol. The second-order valence-corrected chi connectivity index (χ2v) is 10.7. The molecule has 0 aliphatic heterocycles. The second-order valence-electron chi connectivity index (χ2n) is 6.78. The van der Waals surface area contributed by atoms with Crippen LogP contribution >= 0.6 is 7.92 Å². The van der Waals surface area contributed by atoms with Crippen molar-refractivity contribution in [2.75, 3.05) is 0 Å². The summed E-state index contributed by atoms with van der Waals surface area (Å²) in [5, 5.41) is 2.32. The van der Waals surface area contributed by atoms with Crippen molar-refractivity contribution in [3.05, 3.63) is 60.7 Å². The van der Waals surface area contributed by atoms with Crippen LogP contribution in [0.2, 0.25) is 0 Å². The molecule has 0 bridgehead atoms. The van der Waals surface area contributed by atoms with Crippen molar-refractivity contribution in [2.45, 2.75) is 51.9 Å². The van der Waals surface area contributed by atoms with Crippen LogP contribution in [0.1, 0.15) is 41.5 Å². The van der Waals surface area contributed by atoms with Gasteiger partial charge in [0, 0.05) is 29.9 Å². The number of hydrogen-bond acceptors (Lipinski definition) is 0. The molecular formula is C18H27FeP. The maximum Gasteiger partial charge on any atom is 0.0130 e. The van der Waals surface area contributed by atoms with Gasteiger partial charge in [0.25, 0.3) is 0 Å². The van der Waals surface area contributed by atoms with Crippen molar-refractivity contribution in [2.24, 2.45) is 0 Å². The van der Waals surface area contributed by atoms with E-state index in [-0.39, 0.29) is 25.0 Å². The van der Waals surface area contributed by atoms with E-state index in [0.717, 1.165) is 0 Å². The monoisotopic (exact) mass is 330 g/mol. The summed E-state index contributed by atoms with van der Waals surface area (Å²) in [6, 6.07) is 0. The molecule has 0 atom stereocenters. The summed E-state index contributed by atoms with van der Waals surface area (Å²) in [5.74, 6) is 0. The summed E-state index contributed by atoms with van der Waals surface area (Å²) >= 11 is 0. The van der Waals surface area contributed by atoms with E-state index in [1.807, 2.05) is 30.7 Å². The molecule has 112 valence electrons. The molecule has 0 N–H and O–H groups in total. The van der Waals surface area contributed by atoms with E-state index in [1.54, 1.807) is 5.31 Å². The molecule has 0 fully saturated rings. The van der Waals surface area contributed by atoms with Crippen LogP contribution in [-0.4, -0.2) is 10.3 Å². The van der Waals surface area contributed by atoms with Gasteiger partial charge in [-0.15, -0.1) is 0 Å². The molecule has 0 saturated heterocycles. The van der Waals surface area contributed by atoms with Gasteiger partial charge in [-0.3, -0.25) is 0 Å². The molecule has 2 rings (SSSR count). The van der Waals surface area contributed by atoms with Crippen molar-refractivity contribution in [3.8, 4) is 0 Å². The molecule has 0 amide bonds. The SMILES string of the molecule is CC(C)(C)P(C1=CC=C[CH]1)C(C)(C)C.[CH]1C=CC=C1.[Fe]. The molecule has 2 radical (unpaired) electrons. The van der Waals surface area contributed by atoms with Crippen molar-refractivity contribution in [1.82, 2.24) is 0 Å². The Morgan fingerprint density at radius 2 is 1.20 bits per heavy atom. The van der Waals surface area contributed by atoms with Crippen LogP contribution in [0, 0.1) is 12.8 Å². The van der Waals surface area contributed by atoms with Crippen LogP contribution in [0.25, 0.3) is 0 Å². The predicted molar refractivity (Wildman–Crippen MR) is 90.5 cm³/mol. The summed E-state index contributed by atoms with van der Waals surface area (Å²) in [6.45, 7) is 14.1.